The van der Waals surface area contributed by atoms with E-state index in [0.717, 1.165) is 24.5 Å². The molecule has 7 nitrogen and oxygen atoms in total. The Balaban J connectivity index is 2.06. The van der Waals surface area contributed by atoms with Crippen LogP contribution in [0.15, 0.2) is 12.3 Å². The molecule has 0 saturated carbocycles. The van der Waals surface area contributed by atoms with Crippen molar-refractivity contribution in [2.75, 3.05) is 6.54 Å². The molecule has 0 unspecified atom stereocenters. The average molecular weight is 316 g/mol. The number of amides is 1. The number of aromatic nitrogens is 5. The summed E-state index contributed by atoms with van der Waals surface area (Å²) >= 11 is 0. The van der Waals surface area contributed by atoms with E-state index in [1.807, 2.05) is 40.3 Å². The van der Waals surface area contributed by atoms with Gasteiger partial charge in [0.1, 0.15) is 11.7 Å². The monoisotopic (exact) mass is 316 g/mol. The van der Waals surface area contributed by atoms with Gasteiger partial charge in [0.25, 0.3) is 0 Å². The molecule has 2 aromatic heterocycles. The molecule has 0 aliphatic carbocycles. The minimum atomic E-state index is -0.240. The minimum absolute atomic E-state index is 0.157. The van der Waals surface area contributed by atoms with Gasteiger partial charge in [-0.3, -0.25) is 14.0 Å². The second-order valence-corrected chi connectivity index (χ2v) is 6.36. The number of carbonyl (C=O) groups excluding carboxylic acids is 1. The Kier molecular flexibility index (Phi) is 4.19. The third-order valence-electron chi connectivity index (χ3n) is 4.28. The number of rotatable bonds is 5. The Morgan fingerprint density at radius 2 is 2.04 bits per heavy atom. The molecule has 0 radical (unpaired) electrons. The van der Waals surface area contributed by atoms with Gasteiger partial charge in [0.05, 0.1) is 6.54 Å². The van der Waals surface area contributed by atoms with Crippen LogP contribution in [0.4, 0.5) is 0 Å². The number of fused-ring (bicyclic) bond motifs is 1. The topological polar surface area (TPSA) is 68.8 Å². The average Bonchev–Trinajstić information content (AvgIpc) is 3.15. The second kappa shape index (κ2) is 6.14. The normalized spacial score (nSPS) is 17.9. The molecule has 0 N–H and O–H groups in total. The molecular weight excluding hydrogens is 292 g/mol. The fraction of sp³-hybridized carbons (Fsp3) is 0.625. The molecule has 124 valence electrons. The van der Waals surface area contributed by atoms with Gasteiger partial charge in [-0.15, -0.1) is 10.2 Å². The quantitative estimate of drug-likeness (QED) is 0.847. The summed E-state index contributed by atoms with van der Waals surface area (Å²) in [5, 5.41) is 13.2. The summed E-state index contributed by atoms with van der Waals surface area (Å²) in [5.41, 5.74) is 0.775. The standard InChI is InChI=1S/C16H24N6O/c1-5-20-10-14-17-18-15(12-7-8-21(6-2)19-12)22(14)13(16(20)23)9-11(3)4/h7-8,11,13H,5-6,9-10H2,1-4H3/t13-/m0/s1. The summed E-state index contributed by atoms with van der Waals surface area (Å²) in [6.07, 6.45) is 2.71. The SMILES string of the molecule is CCN1Cc2nnc(-c3ccn(CC)n3)n2[C@@H](CC(C)C)C1=O. The molecule has 0 spiro atoms. The van der Waals surface area contributed by atoms with Crippen LogP contribution < -0.4 is 0 Å². The third-order valence-corrected chi connectivity index (χ3v) is 4.28. The van der Waals surface area contributed by atoms with Gasteiger partial charge in [-0.25, -0.2) is 0 Å². The molecule has 7 heteroatoms. The Morgan fingerprint density at radius 3 is 2.65 bits per heavy atom. The zero-order valence-corrected chi connectivity index (χ0v) is 14.2. The summed E-state index contributed by atoms with van der Waals surface area (Å²) < 4.78 is 3.86. The van der Waals surface area contributed by atoms with E-state index in [1.54, 1.807) is 0 Å². The molecule has 0 fully saturated rings. The molecule has 1 aliphatic heterocycles. The van der Waals surface area contributed by atoms with Gasteiger partial charge < -0.3 is 4.90 Å². The van der Waals surface area contributed by atoms with Crippen molar-refractivity contribution in [3.05, 3.63) is 18.1 Å². The van der Waals surface area contributed by atoms with Gasteiger partial charge in [0.2, 0.25) is 5.91 Å². The van der Waals surface area contributed by atoms with Crippen LogP contribution in [-0.2, 0) is 17.9 Å². The van der Waals surface area contributed by atoms with Crippen LogP contribution in [0.2, 0.25) is 0 Å². The van der Waals surface area contributed by atoms with Gasteiger partial charge in [-0.05, 0) is 32.3 Å². The molecule has 0 aromatic carbocycles. The molecule has 0 bridgehead atoms. The molecule has 3 rings (SSSR count). The maximum atomic E-state index is 12.8. The largest absolute Gasteiger partial charge is 0.334 e. The van der Waals surface area contributed by atoms with Gasteiger partial charge in [-0.1, -0.05) is 13.8 Å². The lowest BCUT2D eigenvalue weighted by Gasteiger charge is -2.33. The first-order chi connectivity index (χ1) is 11.0. The lowest BCUT2D eigenvalue weighted by Crippen LogP contribution is -2.43. The summed E-state index contributed by atoms with van der Waals surface area (Å²) in [6, 6.07) is 1.69. The summed E-state index contributed by atoms with van der Waals surface area (Å²) in [6.45, 7) is 10.3. The van der Waals surface area contributed by atoms with Crippen molar-refractivity contribution in [2.45, 2.75) is 53.2 Å². The summed E-state index contributed by atoms with van der Waals surface area (Å²) in [4.78, 5) is 14.7. The van der Waals surface area contributed by atoms with Crippen LogP contribution in [0.5, 0.6) is 0 Å². The van der Waals surface area contributed by atoms with Crippen LogP contribution in [0, 0.1) is 5.92 Å². The van der Waals surface area contributed by atoms with Crippen molar-refractivity contribution in [3.63, 3.8) is 0 Å². The zero-order valence-electron chi connectivity index (χ0n) is 14.2. The predicted molar refractivity (Wildman–Crippen MR) is 86.5 cm³/mol. The van der Waals surface area contributed by atoms with Crippen LogP contribution in [0.3, 0.4) is 0 Å². The van der Waals surface area contributed by atoms with E-state index in [1.165, 1.54) is 0 Å². The number of hydrogen-bond donors (Lipinski definition) is 0. The van der Waals surface area contributed by atoms with Crippen LogP contribution in [-0.4, -0.2) is 41.9 Å². The van der Waals surface area contributed by atoms with Crippen molar-refractivity contribution < 1.29 is 4.79 Å². The van der Waals surface area contributed by atoms with E-state index >= 15 is 0 Å². The Hall–Kier alpha value is -2.18. The van der Waals surface area contributed by atoms with Gasteiger partial charge in [0, 0.05) is 19.3 Å². The summed E-state index contributed by atoms with van der Waals surface area (Å²) in [7, 11) is 0. The van der Waals surface area contributed by atoms with E-state index < -0.39 is 0 Å². The zero-order chi connectivity index (χ0) is 16.6. The molecule has 3 heterocycles. The number of hydrogen-bond acceptors (Lipinski definition) is 4. The highest BCUT2D eigenvalue weighted by Crippen LogP contribution is 2.31. The number of carbonyl (C=O) groups is 1. The molecule has 1 aliphatic rings. The van der Waals surface area contributed by atoms with Crippen molar-refractivity contribution >= 4 is 5.91 Å². The van der Waals surface area contributed by atoms with Crippen molar-refractivity contribution in [1.29, 1.82) is 0 Å². The van der Waals surface area contributed by atoms with E-state index in [-0.39, 0.29) is 11.9 Å². The number of aryl methyl sites for hydroxylation is 1. The predicted octanol–water partition coefficient (Wildman–Crippen LogP) is 2.11. The lowest BCUT2D eigenvalue weighted by atomic mass is 10.0. The molecule has 1 amide bonds. The summed E-state index contributed by atoms with van der Waals surface area (Å²) in [5.74, 6) is 2.11. The maximum Gasteiger partial charge on any atom is 0.246 e. The number of nitrogens with zero attached hydrogens (tertiary/aromatic N) is 6. The Labute approximate surface area is 136 Å². The fourth-order valence-corrected chi connectivity index (χ4v) is 3.08. The highest BCUT2D eigenvalue weighted by Gasteiger charge is 2.36. The molecule has 23 heavy (non-hydrogen) atoms. The maximum absolute atomic E-state index is 12.8. The first-order valence-corrected chi connectivity index (χ1v) is 8.31. The molecule has 1 atom stereocenters. The second-order valence-electron chi connectivity index (χ2n) is 6.36. The van der Waals surface area contributed by atoms with Crippen molar-refractivity contribution in [1.82, 2.24) is 29.4 Å². The highest BCUT2D eigenvalue weighted by molar-refractivity contribution is 5.82. The first-order valence-electron chi connectivity index (χ1n) is 8.31. The van der Waals surface area contributed by atoms with Crippen LogP contribution in [0.1, 0.15) is 46.0 Å². The Bertz CT molecular complexity index is 701. The first kappa shape index (κ1) is 15.7. The van der Waals surface area contributed by atoms with Crippen LogP contribution in [0.25, 0.3) is 11.5 Å². The van der Waals surface area contributed by atoms with E-state index in [4.69, 9.17) is 0 Å². The fourth-order valence-electron chi connectivity index (χ4n) is 3.08. The smallest absolute Gasteiger partial charge is 0.246 e. The molecular formula is C16H24N6O. The van der Waals surface area contributed by atoms with Crippen molar-refractivity contribution in [2.24, 2.45) is 5.92 Å². The molecule has 0 saturated heterocycles. The van der Waals surface area contributed by atoms with Gasteiger partial charge >= 0.3 is 0 Å². The number of likely N-dealkylation sites (N-methyl/N-ethyl adjacent to an activating group) is 1. The van der Waals surface area contributed by atoms with E-state index in [0.29, 0.717) is 24.8 Å². The molecule has 2 aromatic rings. The van der Waals surface area contributed by atoms with Crippen molar-refractivity contribution in [3.8, 4) is 11.5 Å². The van der Waals surface area contributed by atoms with E-state index in [9.17, 15) is 4.79 Å². The Morgan fingerprint density at radius 1 is 1.26 bits per heavy atom. The minimum Gasteiger partial charge on any atom is -0.334 e. The van der Waals surface area contributed by atoms with Gasteiger partial charge in [-0.2, -0.15) is 5.10 Å². The van der Waals surface area contributed by atoms with Crippen LogP contribution >= 0.6 is 0 Å². The lowest BCUT2D eigenvalue weighted by molar-refractivity contribution is -0.137. The highest BCUT2D eigenvalue weighted by atomic mass is 16.2. The van der Waals surface area contributed by atoms with E-state index in [2.05, 4.69) is 29.1 Å². The van der Waals surface area contributed by atoms with Gasteiger partial charge in [0.15, 0.2) is 11.6 Å². The third kappa shape index (κ3) is 2.75.